The average molecular weight is 575 g/mol. The summed E-state index contributed by atoms with van der Waals surface area (Å²) in [5.74, 6) is -1.36. The van der Waals surface area contributed by atoms with E-state index in [2.05, 4.69) is 33.4 Å². The highest BCUT2D eigenvalue weighted by Crippen LogP contribution is 2.64. The number of fused-ring (bicyclic) bond motifs is 3. The zero-order valence-electron chi connectivity index (χ0n) is 24.9. The van der Waals surface area contributed by atoms with Crippen LogP contribution in [0.2, 0.25) is 0 Å². The molecule has 2 saturated carbocycles. The molecule has 42 heavy (non-hydrogen) atoms. The zero-order valence-corrected chi connectivity index (χ0v) is 24.9. The molecular weight excluding hydrogens is 532 g/mol. The van der Waals surface area contributed by atoms with Crippen molar-refractivity contribution in [1.29, 1.82) is 0 Å². The molecule has 8 atom stereocenters. The SMILES string of the molecule is C=C1[C@@H](O)C[C@H]2C(C)(C)CCC[C@]2(C)[C@H]1C[C@@H]1C(C)=CC[C@H]2[C@@H](O)C(=O)C=C[C@@]12c1cc(=O)c2c(O)cc(O)cc2o1. The van der Waals surface area contributed by atoms with Crippen LogP contribution in [0.4, 0.5) is 0 Å². The van der Waals surface area contributed by atoms with E-state index in [1.165, 1.54) is 18.2 Å². The lowest BCUT2D eigenvalue weighted by Gasteiger charge is -2.60. The van der Waals surface area contributed by atoms with Crippen molar-refractivity contribution in [2.24, 2.45) is 34.5 Å². The smallest absolute Gasteiger partial charge is 0.196 e. The van der Waals surface area contributed by atoms with Gasteiger partial charge in [-0.05, 0) is 79.3 Å². The Morgan fingerprint density at radius 3 is 2.52 bits per heavy atom. The van der Waals surface area contributed by atoms with Gasteiger partial charge in [-0.15, -0.1) is 0 Å². The quantitative estimate of drug-likeness (QED) is 0.347. The van der Waals surface area contributed by atoms with Crippen LogP contribution in [0.5, 0.6) is 11.5 Å². The molecule has 2 fully saturated rings. The predicted octanol–water partition coefficient (Wildman–Crippen LogP) is 5.68. The van der Waals surface area contributed by atoms with E-state index in [0.29, 0.717) is 25.2 Å². The van der Waals surface area contributed by atoms with Crippen LogP contribution >= 0.6 is 0 Å². The number of allylic oxidation sites excluding steroid dienone is 3. The Labute approximate surface area is 246 Å². The Balaban J connectivity index is 1.56. The third kappa shape index (κ3) is 4.07. The number of aliphatic hydroxyl groups excluding tert-OH is 2. The molecule has 0 unspecified atom stereocenters. The van der Waals surface area contributed by atoms with Gasteiger partial charge in [-0.2, -0.15) is 0 Å². The fourth-order valence-electron chi connectivity index (χ4n) is 9.57. The number of rotatable bonds is 3. The number of hydrogen-bond donors (Lipinski definition) is 4. The summed E-state index contributed by atoms with van der Waals surface area (Å²) in [5.41, 5.74) is 0.339. The van der Waals surface area contributed by atoms with E-state index in [9.17, 15) is 30.0 Å². The molecule has 1 heterocycles. The third-order valence-corrected chi connectivity index (χ3v) is 11.7. The van der Waals surface area contributed by atoms with Gasteiger partial charge in [0.25, 0.3) is 0 Å². The molecule has 0 saturated heterocycles. The molecule has 0 spiro atoms. The second-order valence-corrected chi connectivity index (χ2v) is 14.3. The van der Waals surface area contributed by atoms with Gasteiger partial charge in [0.1, 0.15) is 34.3 Å². The van der Waals surface area contributed by atoms with E-state index in [0.717, 1.165) is 36.5 Å². The van der Waals surface area contributed by atoms with Crippen molar-refractivity contribution >= 4 is 16.8 Å². The van der Waals surface area contributed by atoms with Crippen molar-refractivity contribution in [3.05, 3.63) is 70.1 Å². The summed E-state index contributed by atoms with van der Waals surface area (Å²) >= 11 is 0. The topological polar surface area (TPSA) is 128 Å². The van der Waals surface area contributed by atoms with Crippen LogP contribution in [-0.4, -0.2) is 38.4 Å². The summed E-state index contributed by atoms with van der Waals surface area (Å²) in [6, 6.07) is 3.76. The number of ketones is 1. The molecule has 1 aromatic carbocycles. The summed E-state index contributed by atoms with van der Waals surface area (Å²) in [4.78, 5) is 26.3. The van der Waals surface area contributed by atoms with Crippen molar-refractivity contribution in [3.63, 3.8) is 0 Å². The van der Waals surface area contributed by atoms with Crippen molar-refractivity contribution < 1.29 is 29.6 Å². The molecule has 0 amide bonds. The van der Waals surface area contributed by atoms with Gasteiger partial charge in [0.2, 0.25) is 0 Å². The number of phenolic OH excluding ortho intramolecular Hbond substituents is 2. The molecule has 4 aliphatic rings. The van der Waals surface area contributed by atoms with Crippen LogP contribution in [-0.2, 0) is 10.2 Å². The summed E-state index contributed by atoms with van der Waals surface area (Å²) < 4.78 is 6.38. The molecule has 224 valence electrons. The maximum atomic E-state index is 13.5. The summed E-state index contributed by atoms with van der Waals surface area (Å²) in [7, 11) is 0. The van der Waals surface area contributed by atoms with E-state index >= 15 is 0 Å². The fourth-order valence-corrected chi connectivity index (χ4v) is 9.57. The largest absolute Gasteiger partial charge is 0.508 e. The highest BCUT2D eigenvalue weighted by molar-refractivity contribution is 5.95. The minimum absolute atomic E-state index is 0.0347. The van der Waals surface area contributed by atoms with Gasteiger partial charge >= 0.3 is 0 Å². The Bertz CT molecular complexity index is 1590. The molecule has 7 heteroatoms. The summed E-state index contributed by atoms with van der Waals surface area (Å²) in [6.45, 7) is 13.4. The fraction of sp³-hybridized carbons (Fsp3) is 0.543. The minimum Gasteiger partial charge on any atom is -0.508 e. The summed E-state index contributed by atoms with van der Waals surface area (Å²) in [5, 5.41) is 43.2. The molecule has 4 N–H and O–H groups in total. The monoisotopic (exact) mass is 574 g/mol. The van der Waals surface area contributed by atoms with Gasteiger partial charge in [0.05, 0.1) is 11.5 Å². The Kier molecular flexibility index (Phi) is 6.67. The summed E-state index contributed by atoms with van der Waals surface area (Å²) in [6.07, 6.45) is 8.26. The number of carbonyl (C=O) groups excluding carboxylic acids is 1. The Hall–Kier alpha value is -3.16. The highest BCUT2D eigenvalue weighted by atomic mass is 16.3. The maximum Gasteiger partial charge on any atom is 0.196 e. The maximum absolute atomic E-state index is 13.5. The first-order valence-corrected chi connectivity index (χ1v) is 15.2. The molecule has 7 nitrogen and oxygen atoms in total. The lowest BCUT2D eigenvalue weighted by molar-refractivity contribution is -0.129. The Morgan fingerprint density at radius 2 is 1.79 bits per heavy atom. The van der Waals surface area contributed by atoms with E-state index in [4.69, 9.17) is 4.42 Å². The van der Waals surface area contributed by atoms with Crippen molar-refractivity contribution in [1.82, 2.24) is 0 Å². The van der Waals surface area contributed by atoms with Crippen LogP contribution in [0.3, 0.4) is 0 Å². The molecule has 0 bridgehead atoms. The van der Waals surface area contributed by atoms with Gasteiger partial charge < -0.3 is 24.8 Å². The zero-order chi connectivity index (χ0) is 30.4. The second kappa shape index (κ2) is 9.68. The molecule has 0 aliphatic heterocycles. The first-order chi connectivity index (χ1) is 19.7. The predicted molar refractivity (Wildman–Crippen MR) is 160 cm³/mol. The second-order valence-electron chi connectivity index (χ2n) is 14.3. The van der Waals surface area contributed by atoms with Crippen LogP contribution in [0.15, 0.2) is 63.4 Å². The number of hydrogen-bond acceptors (Lipinski definition) is 7. The van der Waals surface area contributed by atoms with E-state index in [1.807, 2.05) is 6.92 Å². The number of carbonyl (C=O) groups is 1. The molecule has 4 aliphatic carbocycles. The highest BCUT2D eigenvalue weighted by Gasteiger charge is 2.59. The number of benzene rings is 1. The average Bonchev–Trinajstić information content (AvgIpc) is 2.90. The van der Waals surface area contributed by atoms with Crippen molar-refractivity contribution in [2.45, 2.75) is 83.8 Å². The normalized spacial score (nSPS) is 37.7. The van der Waals surface area contributed by atoms with Crippen LogP contribution < -0.4 is 5.43 Å². The number of aliphatic hydroxyl groups is 2. The number of phenols is 2. The van der Waals surface area contributed by atoms with Crippen LogP contribution in [0.25, 0.3) is 11.0 Å². The van der Waals surface area contributed by atoms with E-state index in [-0.39, 0.29) is 56.7 Å². The first-order valence-electron chi connectivity index (χ1n) is 15.2. The molecule has 0 radical (unpaired) electrons. The number of aromatic hydroxyl groups is 2. The van der Waals surface area contributed by atoms with E-state index < -0.39 is 29.0 Å². The third-order valence-electron chi connectivity index (χ3n) is 11.7. The van der Waals surface area contributed by atoms with Crippen LogP contribution in [0.1, 0.15) is 72.0 Å². The van der Waals surface area contributed by atoms with Gasteiger partial charge in [0, 0.05) is 24.1 Å². The molecule has 1 aromatic heterocycles. The van der Waals surface area contributed by atoms with E-state index in [1.54, 1.807) is 6.08 Å². The Morgan fingerprint density at radius 1 is 1.05 bits per heavy atom. The van der Waals surface area contributed by atoms with Crippen molar-refractivity contribution in [2.75, 3.05) is 0 Å². The van der Waals surface area contributed by atoms with Gasteiger partial charge in [-0.1, -0.05) is 51.5 Å². The van der Waals surface area contributed by atoms with Crippen molar-refractivity contribution in [3.8, 4) is 11.5 Å². The van der Waals surface area contributed by atoms with Gasteiger partial charge in [-0.25, -0.2) is 0 Å². The molecule has 6 rings (SSSR count). The minimum atomic E-state index is -1.29. The standard InChI is InChI=1S/C35H42O7/c1-18-7-8-21-32(41)24(37)9-12-35(21,30-17-27(40)31-26(39)13-20(36)14-28(31)42-30)22(18)15-23-19(2)25(38)16-29-33(3,4)10-6-11-34(23,29)5/h7,9,12-14,17,21-23,25,29,32,36,38-39,41H,2,6,8,10-11,15-16H2,1,3-5H3/t21-,22+,23-,25-,29-,32+,34+,35-/m0/s1. The lowest BCUT2D eigenvalue weighted by Crippen LogP contribution is -2.56. The van der Waals surface area contributed by atoms with Gasteiger partial charge in [-0.3, -0.25) is 9.59 Å². The molecule has 2 aromatic rings. The lowest BCUT2D eigenvalue weighted by atomic mass is 9.44. The van der Waals surface area contributed by atoms with Gasteiger partial charge in [0.15, 0.2) is 11.2 Å². The first kappa shape index (κ1) is 28.9. The van der Waals surface area contributed by atoms with Crippen LogP contribution in [0, 0.1) is 34.5 Å². The molecular formula is C35H42O7.